The van der Waals surface area contributed by atoms with Gasteiger partial charge in [0.25, 0.3) is 0 Å². The third-order valence-electron chi connectivity index (χ3n) is 2.64. The van der Waals surface area contributed by atoms with E-state index >= 15 is 0 Å². The normalized spacial score (nSPS) is 10.2. The van der Waals surface area contributed by atoms with Crippen LogP contribution in [-0.4, -0.2) is 11.0 Å². The van der Waals surface area contributed by atoms with Crippen molar-refractivity contribution in [3.05, 3.63) is 24.3 Å². The molecule has 0 spiro atoms. The summed E-state index contributed by atoms with van der Waals surface area (Å²) in [5.41, 5.74) is 0.656. The van der Waals surface area contributed by atoms with E-state index in [4.69, 9.17) is 0 Å². The van der Waals surface area contributed by atoms with Crippen molar-refractivity contribution in [3.63, 3.8) is 0 Å². The van der Waals surface area contributed by atoms with E-state index < -0.39 is 0 Å². The molecule has 0 heterocycles. The molecule has 0 radical (unpaired) electrons. The van der Waals surface area contributed by atoms with Crippen molar-refractivity contribution < 1.29 is 9.90 Å². The zero-order valence-electron chi connectivity index (χ0n) is 10.4. The predicted molar refractivity (Wildman–Crippen MR) is 70.1 cm³/mol. The largest absolute Gasteiger partial charge is 0.508 e. The Morgan fingerprint density at radius 1 is 1.24 bits per heavy atom. The van der Waals surface area contributed by atoms with Crippen molar-refractivity contribution in [2.24, 2.45) is 0 Å². The minimum Gasteiger partial charge on any atom is -0.508 e. The fourth-order valence-electron chi connectivity index (χ4n) is 1.70. The first-order chi connectivity index (χ1) is 8.22. The lowest BCUT2D eigenvalue weighted by Crippen LogP contribution is -2.10. The zero-order valence-corrected chi connectivity index (χ0v) is 10.4. The molecule has 1 aromatic carbocycles. The number of hydrogen-bond donors (Lipinski definition) is 2. The van der Waals surface area contributed by atoms with Gasteiger partial charge in [0, 0.05) is 18.2 Å². The highest BCUT2D eigenvalue weighted by Gasteiger charge is 2.02. The number of carbonyl (C=O) groups is 1. The Hall–Kier alpha value is -1.51. The third kappa shape index (κ3) is 5.95. The molecular formula is C14H21NO2. The summed E-state index contributed by atoms with van der Waals surface area (Å²) >= 11 is 0. The summed E-state index contributed by atoms with van der Waals surface area (Å²) in [7, 11) is 0. The molecule has 17 heavy (non-hydrogen) atoms. The molecule has 3 nitrogen and oxygen atoms in total. The fraction of sp³-hybridized carbons (Fsp3) is 0.500. The number of anilines is 1. The van der Waals surface area contributed by atoms with Gasteiger partial charge in [0.15, 0.2) is 0 Å². The second-order valence-corrected chi connectivity index (χ2v) is 4.26. The lowest BCUT2D eigenvalue weighted by atomic mass is 10.1. The van der Waals surface area contributed by atoms with E-state index in [1.807, 2.05) is 0 Å². The highest BCUT2D eigenvalue weighted by Crippen LogP contribution is 2.15. The maximum absolute atomic E-state index is 11.6. The van der Waals surface area contributed by atoms with Crippen molar-refractivity contribution in [1.82, 2.24) is 0 Å². The van der Waals surface area contributed by atoms with E-state index in [-0.39, 0.29) is 11.7 Å². The molecule has 0 saturated heterocycles. The number of hydrogen-bond acceptors (Lipinski definition) is 2. The number of unbranched alkanes of at least 4 members (excludes halogenated alkanes) is 4. The van der Waals surface area contributed by atoms with Crippen LogP contribution in [-0.2, 0) is 4.79 Å². The van der Waals surface area contributed by atoms with Gasteiger partial charge in [0.2, 0.25) is 5.91 Å². The molecule has 94 valence electrons. The Morgan fingerprint density at radius 3 is 2.71 bits per heavy atom. The number of amides is 1. The van der Waals surface area contributed by atoms with Gasteiger partial charge in [-0.25, -0.2) is 0 Å². The Morgan fingerprint density at radius 2 is 2.00 bits per heavy atom. The van der Waals surface area contributed by atoms with Gasteiger partial charge < -0.3 is 10.4 Å². The average Bonchev–Trinajstić information content (AvgIpc) is 2.29. The van der Waals surface area contributed by atoms with Gasteiger partial charge in [-0.3, -0.25) is 4.79 Å². The lowest BCUT2D eigenvalue weighted by Gasteiger charge is -2.05. The quantitative estimate of drug-likeness (QED) is 0.708. The van der Waals surface area contributed by atoms with Crippen LogP contribution < -0.4 is 5.32 Å². The third-order valence-corrected chi connectivity index (χ3v) is 2.64. The molecule has 0 unspecified atom stereocenters. The maximum atomic E-state index is 11.6. The van der Waals surface area contributed by atoms with Gasteiger partial charge >= 0.3 is 0 Å². The van der Waals surface area contributed by atoms with Crippen LogP contribution >= 0.6 is 0 Å². The Kier molecular flexibility index (Phi) is 6.15. The second kappa shape index (κ2) is 7.71. The SMILES string of the molecule is CCCCCCCC(=O)Nc1cccc(O)c1. The summed E-state index contributed by atoms with van der Waals surface area (Å²) in [5, 5.41) is 12.0. The fourth-order valence-corrected chi connectivity index (χ4v) is 1.70. The van der Waals surface area contributed by atoms with Crippen molar-refractivity contribution in [2.75, 3.05) is 5.32 Å². The monoisotopic (exact) mass is 235 g/mol. The number of phenols is 1. The van der Waals surface area contributed by atoms with E-state index in [1.165, 1.54) is 19.3 Å². The molecule has 2 N–H and O–H groups in total. The lowest BCUT2D eigenvalue weighted by molar-refractivity contribution is -0.116. The van der Waals surface area contributed by atoms with Crippen LogP contribution in [0.1, 0.15) is 45.4 Å². The predicted octanol–water partition coefficient (Wildman–Crippen LogP) is 3.69. The average molecular weight is 235 g/mol. The first kappa shape index (κ1) is 13.6. The first-order valence-electron chi connectivity index (χ1n) is 6.31. The molecular weight excluding hydrogens is 214 g/mol. The van der Waals surface area contributed by atoms with Gasteiger partial charge in [-0.2, -0.15) is 0 Å². The van der Waals surface area contributed by atoms with Gasteiger partial charge in [0.05, 0.1) is 0 Å². The molecule has 0 bridgehead atoms. The minimum atomic E-state index is 0.0205. The molecule has 0 aromatic heterocycles. The first-order valence-corrected chi connectivity index (χ1v) is 6.31. The van der Waals surface area contributed by atoms with Crippen LogP contribution in [0.25, 0.3) is 0 Å². The number of benzene rings is 1. The van der Waals surface area contributed by atoms with E-state index in [0.29, 0.717) is 12.1 Å². The van der Waals surface area contributed by atoms with E-state index in [0.717, 1.165) is 12.8 Å². The zero-order chi connectivity index (χ0) is 12.5. The van der Waals surface area contributed by atoms with Crippen molar-refractivity contribution >= 4 is 11.6 Å². The van der Waals surface area contributed by atoms with Crippen LogP contribution in [0.5, 0.6) is 5.75 Å². The molecule has 3 heteroatoms. The van der Waals surface area contributed by atoms with Gasteiger partial charge in [-0.05, 0) is 18.6 Å². The van der Waals surface area contributed by atoms with Crippen LogP contribution in [0.15, 0.2) is 24.3 Å². The molecule has 1 aromatic rings. The summed E-state index contributed by atoms with van der Waals surface area (Å²) in [6, 6.07) is 6.62. The molecule has 0 atom stereocenters. The minimum absolute atomic E-state index is 0.0205. The van der Waals surface area contributed by atoms with Crippen molar-refractivity contribution in [2.45, 2.75) is 45.4 Å². The topological polar surface area (TPSA) is 49.3 Å². The summed E-state index contributed by atoms with van der Waals surface area (Å²) in [5.74, 6) is 0.192. The Bertz CT molecular complexity index is 350. The standard InChI is InChI=1S/C14H21NO2/c1-2-3-4-5-6-10-14(17)15-12-8-7-9-13(16)11-12/h7-9,11,16H,2-6,10H2,1H3,(H,15,17). The molecule has 1 rings (SSSR count). The summed E-state index contributed by atoms with van der Waals surface area (Å²) < 4.78 is 0. The maximum Gasteiger partial charge on any atom is 0.224 e. The van der Waals surface area contributed by atoms with E-state index in [1.54, 1.807) is 24.3 Å². The highest BCUT2D eigenvalue weighted by molar-refractivity contribution is 5.90. The molecule has 0 aliphatic heterocycles. The molecule has 0 aliphatic rings. The number of rotatable bonds is 7. The number of aromatic hydroxyl groups is 1. The summed E-state index contributed by atoms with van der Waals surface area (Å²) in [4.78, 5) is 11.6. The van der Waals surface area contributed by atoms with Gasteiger partial charge in [-0.15, -0.1) is 0 Å². The molecule has 1 amide bonds. The molecule has 0 saturated carbocycles. The van der Waals surface area contributed by atoms with E-state index in [2.05, 4.69) is 12.2 Å². The highest BCUT2D eigenvalue weighted by atomic mass is 16.3. The number of carbonyl (C=O) groups excluding carboxylic acids is 1. The number of phenolic OH excluding ortho intramolecular Hbond substituents is 1. The van der Waals surface area contributed by atoms with E-state index in [9.17, 15) is 9.90 Å². The molecule has 0 aliphatic carbocycles. The van der Waals surface area contributed by atoms with Gasteiger partial charge in [0.1, 0.15) is 5.75 Å². The van der Waals surface area contributed by atoms with Crippen LogP contribution in [0.2, 0.25) is 0 Å². The summed E-state index contributed by atoms with van der Waals surface area (Å²) in [6.45, 7) is 2.18. The van der Waals surface area contributed by atoms with Crippen molar-refractivity contribution in [1.29, 1.82) is 0 Å². The second-order valence-electron chi connectivity index (χ2n) is 4.26. The number of nitrogens with one attached hydrogen (secondary N) is 1. The summed E-state index contributed by atoms with van der Waals surface area (Å²) in [6.07, 6.45) is 6.27. The van der Waals surface area contributed by atoms with Crippen LogP contribution in [0.3, 0.4) is 0 Å². The van der Waals surface area contributed by atoms with Crippen LogP contribution in [0.4, 0.5) is 5.69 Å². The van der Waals surface area contributed by atoms with Crippen LogP contribution in [0, 0.1) is 0 Å². The Balaban J connectivity index is 2.21. The van der Waals surface area contributed by atoms with Gasteiger partial charge in [-0.1, -0.05) is 38.7 Å². The van der Waals surface area contributed by atoms with Crippen molar-refractivity contribution in [3.8, 4) is 5.75 Å². The Labute approximate surface area is 103 Å². The molecule has 0 fully saturated rings. The smallest absolute Gasteiger partial charge is 0.224 e.